The van der Waals surface area contributed by atoms with Crippen LogP contribution in [0.15, 0.2) is 29.4 Å². The number of hydrazone groups is 1. The Kier molecular flexibility index (Phi) is 3.71. The molecule has 4 heterocycles. The van der Waals surface area contributed by atoms with Crippen LogP contribution >= 0.6 is 11.6 Å². The summed E-state index contributed by atoms with van der Waals surface area (Å²) in [4.78, 5) is 2.54. The van der Waals surface area contributed by atoms with Gasteiger partial charge in [0, 0.05) is 11.6 Å². The maximum absolute atomic E-state index is 6.05. The third-order valence-electron chi connectivity index (χ3n) is 5.33. The van der Waals surface area contributed by atoms with Gasteiger partial charge < -0.3 is 9.64 Å². The lowest BCUT2D eigenvalue weighted by Crippen LogP contribution is -2.64. The van der Waals surface area contributed by atoms with Crippen LogP contribution in [0.1, 0.15) is 19.3 Å². The van der Waals surface area contributed by atoms with Gasteiger partial charge in [0.05, 0.1) is 17.6 Å². The van der Waals surface area contributed by atoms with Gasteiger partial charge >= 0.3 is 0 Å². The topological polar surface area (TPSA) is 28.1 Å². The molecule has 4 nitrogen and oxygen atoms in total. The number of fused-ring (bicyclic) bond motifs is 2. The van der Waals surface area contributed by atoms with Crippen molar-refractivity contribution in [3.63, 3.8) is 0 Å². The van der Waals surface area contributed by atoms with Crippen LogP contribution in [0.4, 0.5) is 5.69 Å². The molecule has 0 amide bonds. The maximum Gasteiger partial charge on any atom is 0.209 e. The molecule has 3 saturated heterocycles. The molecule has 1 aromatic carbocycles. The summed E-state index contributed by atoms with van der Waals surface area (Å²) in [7, 11) is 0. The van der Waals surface area contributed by atoms with Crippen LogP contribution in [-0.2, 0) is 4.74 Å². The summed E-state index contributed by atoms with van der Waals surface area (Å²) in [6.45, 7) is 3.70. The van der Waals surface area contributed by atoms with Gasteiger partial charge in [0.2, 0.25) is 5.90 Å². The molecule has 1 spiro atoms. The minimum atomic E-state index is -0.00569. The fraction of sp³-hybridized carbons (Fsp3) is 0.500. The zero-order valence-corrected chi connectivity index (χ0v) is 13.8. The molecule has 2 bridgehead atoms. The van der Waals surface area contributed by atoms with Crippen LogP contribution in [0.5, 0.6) is 0 Å². The highest BCUT2D eigenvalue weighted by molar-refractivity contribution is 6.30. The van der Waals surface area contributed by atoms with Crippen molar-refractivity contribution in [2.45, 2.75) is 24.8 Å². The van der Waals surface area contributed by atoms with Gasteiger partial charge in [-0.2, -0.15) is 0 Å². The second kappa shape index (κ2) is 5.74. The minimum Gasteiger partial charge on any atom is -0.466 e. The molecule has 120 valence electrons. The number of hydrogen-bond donors (Lipinski definition) is 0. The number of ether oxygens (including phenoxy) is 1. The van der Waals surface area contributed by atoms with E-state index in [9.17, 15) is 0 Å². The molecular formula is C18H20ClN3O. The van der Waals surface area contributed by atoms with Crippen LogP contribution in [0, 0.1) is 18.3 Å². The number of rotatable bonds is 2. The largest absolute Gasteiger partial charge is 0.466 e. The van der Waals surface area contributed by atoms with Crippen LogP contribution < -0.4 is 5.01 Å². The normalized spacial score (nSPS) is 32.0. The zero-order chi connectivity index (χ0) is 15.9. The number of terminal acetylenes is 1. The second-order valence-corrected chi connectivity index (χ2v) is 7.04. The minimum absolute atomic E-state index is 0.00569. The highest BCUT2D eigenvalue weighted by atomic mass is 35.5. The Morgan fingerprint density at radius 1 is 1.30 bits per heavy atom. The SMILES string of the molecule is C#CCOC1=NN(c2ccc(Cl)cc2)C2(C1)CN1CCC2CC1. The van der Waals surface area contributed by atoms with E-state index in [1.165, 1.54) is 25.9 Å². The Morgan fingerprint density at radius 3 is 2.65 bits per heavy atom. The van der Waals surface area contributed by atoms with Crippen molar-refractivity contribution in [3.05, 3.63) is 29.3 Å². The van der Waals surface area contributed by atoms with E-state index in [-0.39, 0.29) is 12.1 Å². The van der Waals surface area contributed by atoms with Crippen molar-refractivity contribution in [1.29, 1.82) is 0 Å². The maximum atomic E-state index is 6.05. The summed E-state index contributed by atoms with van der Waals surface area (Å²) in [5.74, 6) is 3.93. The molecule has 4 aliphatic heterocycles. The molecule has 0 N–H and O–H groups in total. The van der Waals surface area contributed by atoms with E-state index in [0.717, 1.165) is 29.6 Å². The van der Waals surface area contributed by atoms with Crippen LogP contribution in [0.3, 0.4) is 0 Å². The van der Waals surface area contributed by atoms with Crippen molar-refractivity contribution < 1.29 is 4.74 Å². The number of piperidine rings is 3. The molecule has 0 aromatic heterocycles. The van der Waals surface area contributed by atoms with E-state index in [1.807, 2.05) is 24.3 Å². The highest BCUT2D eigenvalue weighted by Crippen LogP contribution is 2.47. The molecule has 0 radical (unpaired) electrons. The van der Waals surface area contributed by atoms with E-state index < -0.39 is 0 Å². The Labute approximate surface area is 142 Å². The first-order chi connectivity index (χ1) is 11.2. The van der Waals surface area contributed by atoms with Gasteiger partial charge in [-0.1, -0.05) is 17.5 Å². The first-order valence-electron chi connectivity index (χ1n) is 8.13. The van der Waals surface area contributed by atoms with Crippen LogP contribution in [0.2, 0.25) is 5.02 Å². The Hall–Kier alpha value is -1.70. The molecule has 5 rings (SSSR count). The standard InChI is InChI=1S/C18H20ClN3O/c1-2-11-23-17-12-18(13-21-9-7-14(18)8-10-21)22(20-17)16-5-3-15(19)4-6-16/h1,3-6,14H,7-13H2. The summed E-state index contributed by atoms with van der Waals surface area (Å²) in [6, 6.07) is 7.91. The molecule has 4 aliphatic rings. The number of hydrogen-bond acceptors (Lipinski definition) is 4. The molecule has 3 fully saturated rings. The number of nitrogens with zero attached hydrogens (tertiary/aromatic N) is 3. The third kappa shape index (κ3) is 2.49. The lowest BCUT2D eigenvalue weighted by molar-refractivity contribution is 0.0306. The van der Waals surface area contributed by atoms with Crippen LogP contribution in [-0.4, -0.2) is 42.6 Å². The number of anilines is 1. The molecule has 0 saturated carbocycles. The molecule has 5 heteroatoms. The predicted molar refractivity (Wildman–Crippen MR) is 92.7 cm³/mol. The lowest BCUT2D eigenvalue weighted by Gasteiger charge is -2.54. The quantitative estimate of drug-likeness (QED) is 0.781. The van der Waals surface area contributed by atoms with E-state index in [4.69, 9.17) is 27.9 Å². The molecule has 1 aromatic rings. The fourth-order valence-corrected chi connectivity index (χ4v) is 4.40. The summed E-state index contributed by atoms with van der Waals surface area (Å²) < 4.78 is 5.69. The van der Waals surface area contributed by atoms with E-state index in [2.05, 4.69) is 15.8 Å². The lowest BCUT2D eigenvalue weighted by atomic mass is 9.71. The van der Waals surface area contributed by atoms with Gasteiger partial charge in [-0.05, 0) is 56.1 Å². The number of halogens is 1. The van der Waals surface area contributed by atoms with Crippen molar-refractivity contribution in [2.24, 2.45) is 11.0 Å². The average molecular weight is 330 g/mol. The fourth-order valence-electron chi connectivity index (χ4n) is 4.27. The van der Waals surface area contributed by atoms with Gasteiger partial charge in [-0.25, -0.2) is 0 Å². The van der Waals surface area contributed by atoms with E-state index in [1.54, 1.807) is 0 Å². The Morgan fingerprint density at radius 2 is 2.04 bits per heavy atom. The Bertz CT molecular complexity index is 658. The monoisotopic (exact) mass is 329 g/mol. The Balaban J connectivity index is 1.70. The van der Waals surface area contributed by atoms with Crippen LogP contribution in [0.25, 0.3) is 0 Å². The first kappa shape index (κ1) is 14.9. The first-order valence-corrected chi connectivity index (χ1v) is 8.51. The third-order valence-corrected chi connectivity index (χ3v) is 5.58. The van der Waals surface area contributed by atoms with Gasteiger partial charge in [0.1, 0.15) is 6.61 Å². The van der Waals surface area contributed by atoms with Gasteiger partial charge in [0.15, 0.2) is 0 Å². The zero-order valence-electron chi connectivity index (χ0n) is 13.0. The van der Waals surface area contributed by atoms with Crippen molar-refractivity contribution >= 4 is 23.2 Å². The van der Waals surface area contributed by atoms with E-state index >= 15 is 0 Å². The van der Waals surface area contributed by atoms with Crippen molar-refractivity contribution in [1.82, 2.24) is 4.90 Å². The summed E-state index contributed by atoms with van der Waals surface area (Å²) >= 11 is 6.05. The summed E-state index contributed by atoms with van der Waals surface area (Å²) in [5, 5.41) is 7.69. The van der Waals surface area contributed by atoms with E-state index in [0.29, 0.717) is 5.92 Å². The smallest absolute Gasteiger partial charge is 0.209 e. The van der Waals surface area contributed by atoms with Gasteiger partial charge in [-0.3, -0.25) is 5.01 Å². The molecule has 1 atom stereocenters. The number of benzene rings is 1. The average Bonchev–Trinajstić information content (AvgIpc) is 2.93. The summed E-state index contributed by atoms with van der Waals surface area (Å²) in [5.41, 5.74) is 1.07. The predicted octanol–water partition coefficient (Wildman–Crippen LogP) is 2.98. The molecule has 1 unspecified atom stereocenters. The molecule has 0 aliphatic carbocycles. The molecular weight excluding hydrogens is 310 g/mol. The van der Waals surface area contributed by atoms with Crippen molar-refractivity contribution in [3.8, 4) is 12.3 Å². The highest BCUT2D eigenvalue weighted by Gasteiger charge is 2.54. The second-order valence-electron chi connectivity index (χ2n) is 6.61. The van der Waals surface area contributed by atoms with Crippen molar-refractivity contribution in [2.75, 3.05) is 31.3 Å². The summed E-state index contributed by atoms with van der Waals surface area (Å²) in [6.07, 6.45) is 8.61. The molecule has 23 heavy (non-hydrogen) atoms. The van der Waals surface area contributed by atoms with Gasteiger partial charge in [-0.15, -0.1) is 11.5 Å². The van der Waals surface area contributed by atoms with Gasteiger partial charge in [0.25, 0.3) is 0 Å².